The highest BCUT2D eigenvalue weighted by Gasteiger charge is 2.35. The predicted octanol–water partition coefficient (Wildman–Crippen LogP) is 1.30. The number of likely N-dealkylation sites (N-methyl/N-ethyl adjacent to an activating group) is 1. The van der Waals surface area contributed by atoms with Crippen molar-refractivity contribution >= 4 is 11.7 Å². The van der Waals surface area contributed by atoms with E-state index in [0.29, 0.717) is 18.2 Å². The zero-order valence-electron chi connectivity index (χ0n) is 15.6. The zero-order valence-corrected chi connectivity index (χ0v) is 15.6. The van der Waals surface area contributed by atoms with Crippen LogP contribution in [0.2, 0.25) is 0 Å². The molecule has 1 amide bonds. The number of anilines is 1. The van der Waals surface area contributed by atoms with Crippen LogP contribution in [0.3, 0.4) is 0 Å². The van der Waals surface area contributed by atoms with Gasteiger partial charge in [-0.25, -0.2) is 4.68 Å². The molecule has 8 heteroatoms. The monoisotopic (exact) mass is 368 g/mol. The van der Waals surface area contributed by atoms with Gasteiger partial charge in [-0.2, -0.15) is 10.2 Å². The third kappa shape index (κ3) is 2.93. The van der Waals surface area contributed by atoms with E-state index in [2.05, 4.69) is 26.3 Å². The molecule has 1 aliphatic carbocycles. The summed E-state index contributed by atoms with van der Waals surface area (Å²) in [4.78, 5) is 16.8. The summed E-state index contributed by atoms with van der Waals surface area (Å²) in [5, 5.41) is 13.2. The number of aromatic nitrogens is 4. The van der Waals surface area contributed by atoms with Gasteiger partial charge in [-0.1, -0.05) is 0 Å². The summed E-state index contributed by atoms with van der Waals surface area (Å²) in [5.41, 5.74) is 2.95. The summed E-state index contributed by atoms with van der Waals surface area (Å²) in [7, 11) is 1.85. The van der Waals surface area contributed by atoms with Crippen LogP contribution >= 0.6 is 0 Å². The van der Waals surface area contributed by atoms with E-state index in [-0.39, 0.29) is 11.9 Å². The maximum absolute atomic E-state index is 12.8. The van der Waals surface area contributed by atoms with E-state index in [4.69, 9.17) is 4.74 Å². The van der Waals surface area contributed by atoms with Gasteiger partial charge in [-0.05, 0) is 37.3 Å². The first-order valence-electron chi connectivity index (χ1n) is 9.77. The molecular formula is C19H24N6O2. The second-order valence-electron chi connectivity index (χ2n) is 7.65. The Hall–Kier alpha value is -2.64. The molecule has 1 fully saturated rings. The molecule has 0 unspecified atom stereocenters. The highest BCUT2D eigenvalue weighted by molar-refractivity contribution is 5.93. The van der Waals surface area contributed by atoms with Crippen molar-refractivity contribution in [3.05, 3.63) is 29.1 Å². The van der Waals surface area contributed by atoms with Crippen molar-refractivity contribution in [1.29, 1.82) is 0 Å². The van der Waals surface area contributed by atoms with Crippen LogP contribution < -0.4 is 9.64 Å². The van der Waals surface area contributed by atoms with Crippen LogP contribution in [0, 0.1) is 0 Å². The molecule has 8 nitrogen and oxygen atoms in total. The number of nitrogens with zero attached hydrogens (tertiary/aromatic N) is 6. The number of carbonyl (C=O) groups excluding carboxylic acids is 1. The summed E-state index contributed by atoms with van der Waals surface area (Å²) < 4.78 is 7.34. The van der Waals surface area contributed by atoms with E-state index in [1.807, 2.05) is 7.05 Å². The Morgan fingerprint density at radius 2 is 2.04 bits per heavy atom. The van der Waals surface area contributed by atoms with Gasteiger partial charge in [0.25, 0.3) is 5.91 Å². The number of amides is 1. The van der Waals surface area contributed by atoms with Crippen molar-refractivity contribution < 1.29 is 9.53 Å². The Balaban J connectivity index is 1.23. The van der Waals surface area contributed by atoms with Crippen molar-refractivity contribution in [2.45, 2.75) is 44.7 Å². The predicted molar refractivity (Wildman–Crippen MR) is 99.1 cm³/mol. The smallest absolute Gasteiger partial charge is 0.274 e. The van der Waals surface area contributed by atoms with Crippen molar-refractivity contribution in [2.75, 3.05) is 31.6 Å². The fourth-order valence-corrected chi connectivity index (χ4v) is 4.04. The number of fused-ring (bicyclic) bond motifs is 2. The standard InChI is InChI=1S/C19H24N6O2/c1-23(19(26)16-10-18-25(22-16)7-4-8-27-18)14-11-24(12-14)17-9-13-5-2-3-6-15(13)20-21-17/h9-10,14H,2-8,11-12H2,1H3. The zero-order chi connectivity index (χ0) is 18.4. The van der Waals surface area contributed by atoms with Crippen LogP contribution in [0.4, 0.5) is 5.82 Å². The minimum Gasteiger partial charge on any atom is -0.478 e. The number of hydrogen-bond donors (Lipinski definition) is 0. The maximum atomic E-state index is 12.8. The van der Waals surface area contributed by atoms with Crippen molar-refractivity contribution in [1.82, 2.24) is 24.9 Å². The van der Waals surface area contributed by atoms with E-state index < -0.39 is 0 Å². The van der Waals surface area contributed by atoms with Gasteiger partial charge in [-0.15, -0.1) is 5.10 Å². The number of carbonyl (C=O) groups is 1. The molecule has 0 spiro atoms. The molecule has 2 aromatic heterocycles. The first kappa shape index (κ1) is 16.5. The van der Waals surface area contributed by atoms with E-state index in [0.717, 1.165) is 50.4 Å². The SMILES string of the molecule is CN(C(=O)c1cc2n(n1)CCCO2)C1CN(c2cc3c(nn2)CCCC3)C1. The van der Waals surface area contributed by atoms with Gasteiger partial charge < -0.3 is 14.5 Å². The molecule has 0 atom stereocenters. The fourth-order valence-electron chi connectivity index (χ4n) is 4.04. The Kier molecular flexibility index (Phi) is 3.98. The van der Waals surface area contributed by atoms with Gasteiger partial charge >= 0.3 is 0 Å². The molecule has 0 aromatic carbocycles. The highest BCUT2D eigenvalue weighted by atomic mass is 16.5. The van der Waals surface area contributed by atoms with E-state index >= 15 is 0 Å². The Bertz CT molecular complexity index is 850. The molecule has 5 rings (SSSR count). The topological polar surface area (TPSA) is 76.4 Å². The van der Waals surface area contributed by atoms with Gasteiger partial charge in [-0.3, -0.25) is 4.79 Å². The number of ether oxygens (including phenoxy) is 1. The van der Waals surface area contributed by atoms with Gasteiger partial charge in [0.1, 0.15) is 0 Å². The molecule has 3 aliphatic rings. The van der Waals surface area contributed by atoms with Gasteiger partial charge in [0.2, 0.25) is 5.88 Å². The molecule has 2 aromatic rings. The Labute approximate surface area is 158 Å². The number of aryl methyl sites for hydroxylation is 3. The molecule has 1 saturated heterocycles. The van der Waals surface area contributed by atoms with Crippen molar-refractivity contribution in [3.8, 4) is 5.88 Å². The maximum Gasteiger partial charge on any atom is 0.274 e. The summed E-state index contributed by atoms with van der Waals surface area (Å²) in [6, 6.07) is 4.10. The molecule has 0 bridgehead atoms. The van der Waals surface area contributed by atoms with Gasteiger partial charge in [0.15, 0.2) is 11.5 Å². The Morgan fingerprint density at radius 3 is 2.89 bits per heavy atom. The lowest BCUT2D eigenvalue weighted by Gasteiger charge is -2.44. The largest absolute Gasteiger partial charge is 0.478 e. The third-order valence-electron chi connectivity index (χ3n) is 5.84. The fraction of sp³-hybridized carbons (Fsp3) is 0.579. The molecule has 4 heterocycles. The lowest BCUT2D eigenvalue weighted by molar-refractivity contribution is 0.0698. The average molecular weight is 368 g/mol. The van der Waals surface area contributed by atoms with Crippen LogP contribution in [-0.4, -0.2) is 63.6 Å². The first-order chi connectivity index (χ1) is 13.2. The van der Waals surface area contributed by atoms with E-state index in [9.17, 15) is 4.79 Å². The Morgan fingerprint density at radius 1 is 1.19 bits per heavy atom. The highest BCUT2D eigenvalue weighted by Crippen LogP contribution is 2.27. The summed E-state index contributed by atoms with van der Waals surface area (Å²) >= 11 is 0. The second kappa shape index (κ2) is 6.51. The lowest BCUT2D eigenvalue weighted by Crippen LogP contribution is -2.60. The van der Waals surface area contributed by atoms with Crippen LogP contribution in [0.15, 0.2) is 12.1 Å². The molecule has 2 aliphatic heterocycles. The van der Waals surface area contributed by atoms with Crippen molar-refractivity contribution in [3.63, 3.8) is 0 Å². The molecule has 27 heavy (non-hydrogen) atoms. The molecule has 0 radical (unpaired) electrons. The van der Waals surface area contributed by atoms with Crippen LogP contribution in [0.25, 0.3) is 0 Å². The second-order valence-corrected chi connectivity index (χ2v) is 7.65. The third-order valence-corrected chi connectivity index (χ3v) is 5.84. The molecular weight excluding hydrogens is 344 g/mol. The minimum atomic E-state index is -0.0540. The van der Waals surface area contributed by atoms with Crippen LogP contribution in [0.5, 0.6) is 5.88 Å². The first-order valence-corrected chi connectivity index (χ1v) is 9.77. The molecule has 0 saturated carbocycles. The summed E-state index contributed by atoms with van der Waals surface area (Å²) in [6.45, 7) is 3.05. The summed E-state index contributed by atoms with van der Waals surface area (Å²) in [5.74, 6) is 1.57. The van der Waals surface area contributed by atoms with Gasteiger partial charge in [0.05, 0.1) is 18.3 Å². The van der Waals surface area contributed by atoms with Crippen LogP contribution in [-0.2, 0) is 19.4 Å². The molecule has 142 valence electrons. The van der Waals surface area contributed by atoms with Crippen LogP contribution in [0.1, 0.15) is 41.0 Å². The molecule has 0 N–H and O–H groups in total. The lowest BCUT2D eigenvalue weighted by atomic mass is 9.96. The van der Waals surface area contributed by atoms with E-state index in [1.54, 1.807) is 15.6 Å². The quantitative estimate of drug-likeness (QED) is 0.813. The normalized spacial score (nSPS) is 18.9. The summed E-state index contributed by atoms with van der Waals surface area (Å²) in [6.07, 6.45) is 5.51. The average Bonchev–Trinajstić information content (AvgIpc) is 3.10. The van der Waals surface area contributed by atoms with E-state index in [1.165, 1.54) is 18.4 Å². The minimum absolute atomic E-state index is 0.0540. The number of rotatable bonds is 3. The van der Waals surface area contributed by atoms with Crippen molar-refractivity contribution in [2.24, 2.45) is 0 Å². The number of hydrogen-bond acceptors (Lipinski definition) is 6. The van der Waals surface area contributed by atoms with Gasteiger partial charge in [0, 0.05) is 39.2 Å².